The predicted octanol–water partition coefficient (Wildman–Crippen LogP) is 2.35. The Labute approximate surface area is 82.0 Å². The van der Waals surface area contributed by atoms with Crippen LogP contribution in [-0.4, -0.2) is 11.0 Å². The second-order valence-corrected chi connectivity index (χ2v) is 2.62. The third-order valence-electron chi connectivity index (χ3n) is 1.38. The molecule has 7 heteroatoms. The molecule has 1 aromatic rings. The van der Waals surface area contributed by atoms with Gasteiger partial charge in [0, 0.05) is 0 Å². The monoisotopic (exact) mass is 216 g/mol. The molecular weight excluding hydrogens is 215 g/mol. The van der Waals surface area contributed by atoms with E-state index < -0.39 is 16.4 Å². The summed E-state index contributed by atoms with van der Waals surface area (Å²) < 4.78 is 12.8. The lowest BCUT2D eigenvalue weighted by molar-refractivity contribution is -0.384. The normalized spacial score (nSPS) is 9.29. The third kappa shape index (κ3) is 1.93. The molecule has 0 N–H and O–H groups in total. The smallest absolute Gasteiger partial charge is 0.258 e. The van der Waals surface area contributed by atoms with Crippen LogP contribution >= 0.6 is 11.6 Å². The standard InChI is InChI=1S/C7H2ClFN2O3/c8-4-1-6(10-3-12)7(11(13)14)2-5(4)9/h1-2H. The van der Waals surface area contributed by atoms with Crippen LogP contribution in [-0.2, 0) is 4.79 Å². The first-order chi connectivity index (χ1) is 6.56. The first-order valence-corrected chi connectivity index (χ1v) is 3.65. The minimum Gasteiger partial charge on any atom is -0.258 e. The van der Waals surface area contributed by atoms with E-state index >= 15 is 0 Å². The Morgan fingerprint density at radius 3 is 2.71 bits per heavy atom. The molecule has 72 valence electrons. The quantitative estimate of drug-likeness (QED) is 0.330. The summed E-state index contributed by atoms with van der Waals surface area (Å²) in [6, 6.07) is 1.48. The average Bonchev–Trinajstić information content (AvgIpc) is 2.11. The van der Waals surface area contributed by atoms with Crippen molar-refractivity contribution in [2.24, 2.45) is 4.99 Å². The number of rotatable bonds is 2. The van der Waals surface area contributed by atoms with Crippen molar-refractivity contribution >= 4 is 29.1 Å². The zero-order chi connectivity index (χ0) is 10.7. The fourth-order valence-corrected chi connectivity index (χ4v) is 0.969. The Kier molecular flexibility index (Phi) is 2.91. The van der Waals surface area contributed by atoms with E-state index in [9.17, 15) is 19.3 Å². The molecule has 0 saturated carbocycles. The highest BCUT2D eigenvalue weighted by atomic mass is 35.5. The van der Waals surface area contributed by atoms with Crippen molar-refractivity contribution in [2.75, 3.05) is 0 Å². The number of nitrogens with zero attached hydrogens (tertiary/aromatic N) is 2. The molecule has 0 aliphatic heterocycles. The van der Waals surface area contributed by atoms with Crippen molar-refractivity contribution in [3.63, 3.8) is 0 Å². The van der Waals surface area contributed by atoms with Crippen LogP contribution in [0.5, 0.6) is 0 Å². The number of benzene rings is 1. The van der Waals surface area contributed by atoms with E-state index in [1.165, 1.54) is 0 Å². The summed E-state index contributed by atoms with van der Waals surface area (Å²) in [5.74, 6) is -0.941. The van der Waals surface area contributed by atoms with Crippen LogP contribution in [0.1, 0.15) is 0 Å². The van der Waals surface area contributed by atoms with E-state index in [1.54, 1.807) is 0 Å². The Morgan fingerprint density at radius 2 is 2.21 bits per heavy atom. The highest BCUT2D eigenvalue weighted by molar-refractivity contribution is 6.31. The summed E-state index contributed by atoms with van der Waals surface area (Å²) in [4.78, 5) is 22.4. The minimum absolute atomic E-state index is 0.323. The molecule has 0 radical (unpaired) electrons. The molecule has 0 bridgehead atoms. The van der Waals surface area contributed by atoms with Gasteiger partial charge in [-0.1, -0.05) is 11.6 Å². The molecule has 0 aliphatic carbocycles. The average molecular weight is 217 g/mol. The minimum atomic E-state index is -0.941. The van der Waals surface area contributed by atoms with Crippen LogP contribution in [0.15, 0.2) is 17.1 Å². The summed E-state index contributed by atoms with van der Waals surface area (Å²) in [5, 5.41) is 10.0. The highest BCUT2D eigenvalue weighted by Crippen LogP contribution is 2.31. The van der Waals surface area contributed by atoms with Crippen molar-refractivity contribution in [1.29, 1.82) is 0 Å². The molecule has 14 heavy (non-hydrogen) atoms. The number of aliphatic imine (C=N–C) groups is 1. The summed E-state index contributed by atoms with van der Waals surface area (Å²) in [5.41, 5.74) is -0.952. The van der Waals surface area contributed by atoms with Crippen molar-refractivity contribution in [1.82, 2.24) is 0 Å². The summed E-state index contributed by atoms with van der Waals surface area (Å²) >= 11 is 5.34. The van der Waals surface area contributed by atoms with Crippen LogP contribution < -0.4 is 0 Å². The number of hydrogen-bond donors (Lipinski definition) is 0. The lowest BCUT2D eigenvalue weighted by atomic mass is 10.2. The lowest BCUT2D eigenvalue weighted by Crippen LogP contribution is -1.90. The SMILES string of the molecule is O=C=Nc1cc(Cl)c(F)cc1[N+](=O)[O-]. The Hall–Kier alpha value is -1.78. The van der Waals surface area contributed by atoms with Crippen molar-refractivity contribution in [2.45, 2.75) is 0 Å². The first-order valence-electron chi connectivity index (χ1n) is 3.27. The third-order valence-corrected chi connectivity index (χ3v) is 1.67. The van der Waals surface area contributed by atoms with Crippen LogP contribution in [0, 0.1) is 15.9 Å². The number of carbonyl (C=O) groups excluding carboxylic acids is 1. The zero-order valence-electron chi connectivity index (χ0n) is 6.53. The van der Waals surface area contributed by atoms with E-state index in [1.807, 2.05) is 0 Å². The molecule has 0 aliphatic rings. The fraction of sp³-hybridized carbons (Fsp3) is 0. The van der Waals surface area contributed by atoms with Crippen molar-refractivity contribution in [3.8, 4) is 0 Å². The van der Waals surface area contributed by atoms with Crippen LogP contribution in [0.3, 0.4) is 0 Å². The molecule has 0 heterocycles. The fourth-order valence-electron chi connectivity index (χ4n) is 0.811. The maximum Gasteiger partial charge on any atom is 0.298 e. The summed E-state index contributed by atoms with van der Waals surface area (Å²) in [6.07, 6.45) is 1.12. The number of nitro benzene ring substituents is 1. The topological polar surface area (TPSA) is 72.6 Å². The molecule has 1 rings (SSSR count). The second-order valence-electron chi connectivity index (χ2n) is 2.22. The molecule has 0 fully saturated rings. The largest absolute Gasteiger partial charge is 0.298 e. The molecule has 5 nitrogen and oxygen atoms in total. The van der Waals surface area contributed by atoms with E-state index in [-0.39, 0.29) is 10.7 Å². The van der Waals surface area contributed by atoms with Gasteiger partial charge in [-0.15, -0.1) is 0 Å². The van der Waals surface area contributed by atoms with Crippen LogP contribution in [0.2, 0.25) is 5.02 Å². The van der Waals surface area contributed by atoms with Gasteiger partial charge in [0.1, 0.15) is 5.82 Å². The summed E-state index contributed by atoms with van der Waals surface area (Å²) in [7, 11) is 0. The Bertz CT molecular complexity index is 416. The van der Waals surface area contributed by atoms with Gasteiger partial charge in [0.15, 0.2) is 5.69 Å². The number of isocyanates is 1. The first kappa shape index (κ1) is 10.3. The molecule has 0 unspecified atom stereocenters. The second kappa shape index (κ2) is 3.95. The predicted molar refractivity (Wildman–Crippen MR) is 45.8 cm³/mol. The molecule has 0 spiro atoms. The highest BCUT2D eigenvalue weighted by Gasteiger charge is 2.17. The number of hydrogen-bond acceptors (Lipinski definition) is 4. The van der Waals surface area contributed by atoms with Gasteiger partial charge in [0.2, 0.25) is 6.08 Å². The van der Waals surface area contributed by atoms with Crippen LogP contribution in [0.4, 0.5) is 15.8 Å². The van der Waals surface area contributed by atoms with Crippen molar-refractivity contribution < 1.29 is 14.1 Å². The molecule has 0 aromatic heterocycles. The molecular formula is C7H2ClFN2O3. The number of halogens is 2. The van der Waals surface area contributed by atoms with Gasteiger partial charge in [0.25, 0.3) is 5.69 Å². The molecule has 1 aromatic carbocycles. The van der Waals surface area contributed by atoms with Gasteiger partial charge in [-0.05, 0) is 6.07 Å². The molecule has 0 atom stereocenters. The van der Waals surface area contributed by atoms with E-state index in [4.69, 9.17) is 11.6 Å². The van der Waals surface area contributed by atoms with Gasteiger partial charge in [-0.3, -0.25) is 10.1 Å². The van der Waals surface area contributed by atoms with E-state index in [0.717, 1.165) is 12.1 Å². The van der Waals surface area contributed by atoms with Crippen LogP contribution in [0.25, 0.3) is 0 Å². The van der Waals surface area contributed by atoms with E-state index in [2.05, 4.69) is 4.99 Å². The Morgan fingerprint density at radius 1 is 1.57 bits per heavy atom. The zero-order valence-corrected chi connectivity index (χ0v) is 7.29. The maximum absolute atomic E-state index is 12.8. The maximum atomic E-state index is 12.8. The van der Waals surface area contributed by atoms with E-state index in [0.29, 0.717) is 6.07 Å². The summed E-state index contributed by atoms with van der Waals surface area (Å²) in [6.45, 7) is 0. The molecule has 0 amide bonds. The van der Waals surface area contributed by atoms with Gasteiger partial charge < -0.3 is 0 Å². The van der Waals surface area contributed by atoms with Gasteiger partial charge in [-0.2, -0.15) is 4.99 Å². The lowest BCUT2D eigenvalue weighted by Gasteiger charge is -1.97. The van der Waals surface area contributed by atoms with Crippen molar-refractivity contribution in [3.05, 3.63) is 33.1 Å². The van der Waals surface area contributed by atoms with Gasteiger partial charge in [0.05, 0.1) is 16.0 Å². The van der Waals surface area contributed by atoms with Gasteiger partial charge in [-0.25, -0.2) is 9.18 Å². The molecule has 0 saturated heterocycles. The number of nitro groups is 1. The van der Waals surface area contributed by atoms with Gasteiger partial charge >= 0.3 is 0 Å². The Balaban J connectivity index is 3.45.